The van der Waals surface area contributed by atoms with Crippen LogP contribution in [0.5, 0.6) is 0 Å². The van der Waals surface area contributed by atoms with E-state index in [1.165, 1.54) is 0 Å². The number of carboxylic acids is 1. The van der Waals surface area contributed by atoms with Gasteiger partial charge in [-0.1, -0.05) is 32.4 Å². The monoisotopic (exact) mass is 380 g/mol. The first-order valence-corrected chi connectivity index (χ1v) is 9.69. The molecule has 0 aromatic carbocycles. The summed E-state index contributed by atoms with van der Waals surface area (Å²) in [6, 6.07) is 0. The largest absolute Gasteiger partial charge is 0.507 e. The summed E-state index contributed by atoms with van der Waals surface area (Å²) >= 11 is 0. The first kappa shape index (κ1) is 22.8. The number of rotatable bonds is 7. The lowest BCUT2D eigenvalue weighted by atomic mass is 9.92. The van der Waals surface area contributed by atoms with Gasteiger partial charge in [0.25, 0.3) is 0 Å². The Labute approximate surface area is 161 Å². The molecule has 0 aromatic rings. The lowest BCUT2D eigenvalue weighted by molar-refractivity contribution is -0.137. The van der Waals surface area contributed by atoms with Crippen LogP contribution in [-0.2, 0) is 19.1 Å². The summed E-state index contributed by atoms with van der Waals surface area (Å²) in [4.78, 5) is 22.7. The van der Waals surface area contributed by atoms with E-state index < -0.39 is 11.9 Å². The zero-order valence-corrected chi connectivity index (χ0v) is 17.0. The molecule has 6 heteroatoms. The second kappa shape index (κ2) is 10.8. The molecule has 1 fully saturated rings. The van der Waals surface area contributed by atoms with Gasteiger partial charge >= 0.3 is 11.9 Å². The van der Waals surface area contributed by atoms with Crippen molar-refractivity contribution in [3.8, 4) is 0 Å². The minimum atomic E-state index is -0.841. The Balaban J connectivity index is 0.00000176. The minimum absolute atomic E-state index is 0.0393. The highest BCUT2D eigenvalue weighted by Crippen LogP contribution is 2.40. The van der Waals surface area contributed by atoms with Crippen molar-refractivity contribution in [2.45, 2.75) is 60.3 Å². The van der Waals surface area contributed by atoms with Crippen LogP contribution in [0, 0.1) is 11.8 Å². The highest BCUT2D eigenvalue weighted by atomic mass is 16.5. The molecule has 1 saturated heterocycles. The second-order valence-electron chi connectivity index (χ2n) is 6.62. The Morgan fingerprint density at radius 2 is 2.00 bits per heavy atom. The molecule has 0 bridgehead atoms. The van der Waals surface area contributed by atoms with Crippen molar-refractivity contribution in [1.29, 1.82) is 0 Å². The molecule has 1 aliphatic heterocycles. The number of carbonyl (C=O) groups excluding carboxylic acids is 1. The summed E-state index contributed by atoms with van der Waals surface area (Å²) in [6.45, 7) is 10.5. The van der Waals surface area contributed by atoms with Gasteiger partial charge in [0, 0.05) is 23.8 Å². The van der Waals surface area contributed by atoms with Gasteiger partial charge in [-0.3, -0.25) is 4.79 Å². The van der Waals surface area contributed by atoms with Crippen LogP contribution in [0.25, 0.3) is 0 Å². The fourth-order valence-corrected chi connectivity index (χ4v) is 3.36. The van der Waals surface area contributed by atoms with Crippen LogP contribution in [0.2, 0.25) is 0 Å². The van der Waals surface area contributed by atoms with E-state index in [1.807, 2.05) is 40.7 Å². The van der Waals surface area contributed by atoms with E-state index in [9.17, 15) is 14.7 Å². The van der Waals surface area contributed by atoms with Crippen molar-refractivity contribution in [2.75, 3.05) is 13.2 Å². The first-order chi connectivity index (χ1) is 12.8. The molecule has 0 radical (unpaired) electrons. The normalized spacial score (nSPS) is 22.6. The van der Waals surface area contributed by atoms with Crippen LogP contribution < -0.4 is 0 Å². The van der Waals surface area contributed by atoms with E-state index in [-0.39, 0.29) is 24.0 Å². The van der Waals surface area contributed by atoms with Gasteiger partial charge in [-0.15, -0.1) is 0 Å². The molecule has 0 aromatic heterocycles. The third-order valence-corrected chi connectivity index (χ3v) is 4.66. The van der Waals surface area contributed by atoms with Crippen molar-refractivity contribution in [3.05, 3.63) is 34.3 Å². The number of esters is 1. The van der Waals surface area contributed by atoms with Crippen LogP contribution in [0.15, 0.2) is 34.3 Å². The number of carbonyl (C=O) groups is 2. The maximum absolute atomic E-state index is 12.0. The number of ether oxygens (including phenoxy) is 2. The zero-order valence-electron chi connectivity index (χ0n) is 17.0. The topological polar surface area (TPSA) is 93.1 Å². The van der Waals surface area contributed by atoms with E-state index in [0.29, 0.717) is 49.4 Å². The Bertz CT molecular complexity index is 641. The average molecular weight is 380 g/mol. The fraction of sp³-hybridized carbons (Fsp3) is 0.619. The minimum Gasteiger partial charge on any atom is -0.507 e. The lowest BCUT2D eigenvalue weighted by Crippen LogP contribution is -2.11. The Morgan fingerprint density at radius 1 is 1.33 bits per heavy atom. The van der Waals surface area contributed by atoms with Gasteiger partial charge < -0.3 is 19.7 Å². The molecule has 2 atom stereocenters. The van der Waals surface area contributed by atoms with E-state index in [1.54, 1.807) is 0 Å². The number of allylic oxidation sites excluding steroid dienone is 4. The number of carboxylic acid groups (broad SMARTS) is 1. The Hall–Kier alpha value is -2.24. The van der Waals surface area contributed by atoms with Crippen LogP contribution in [-0.4, -0.2) is 35.4 Å². The number of fused-ring (bicyclic) bond motifs is 1. The lowest BCUT2D eigenvalue weighted by Gasteiger charge is -2.19. The van der Waals surface area contributed by atoms with E-state index in [0.717, 1.165) is 5.57 Å². The van der Waals surface area contributed by atoms with Crippen LogP contribution in [0.4, 0.5) is 0 Å². The number of hydrogen-bond donors (Lipinski definition) is 2. The molecule has 2 aliphatic rings. The van der Waals surface area contributed by atoms with Crippen molar-refractivity contribution in [1.82, 2.24) is 0 Å². The molecule has 1 heterocycles. The van der Waals surface area contributed by atoms with Crippen molar-refractivity contribution < 1.29 is 29.3 Å². The number of aliphatic carboxylic acids is 1. The maximum Gasteiger partial charge on any atom is 0.338 e. The molecule has 0 saturated carbocycles. The Kier molecular flexibility index (Phi) is 9.12. The first-order valence-electron chi connectivity index (χ1n) is 9.69. The summed E-state index contributed by atoms with van der Waals surface area (Å²) in [5.74, 6) is -0.697. The molecule has 6 nitrogen and oxygen atoms in total. The standard InChI is InChI=1S/C19H26O6.C2H6/c1-4-24-18-12(3)9-13-10-25-19(23)16(13)17(22)14(18)7-5-11(2)6-8-15(20)21;1-2/h5,12-13,22H,4,6-10H2,1-3H3,(H,20,21);1-2H3/b11-5+;. The quantitative estimate of drug-likeness (QED) is 0.498. The molecule has 1 aliphatic carbocycles. The molecule has 27 heavy (non-hydrogen) atoms. The van der Waals surface area contributed by atoms with Crippen LogP contribution >= 0.6 is 0 Å². The second-order valence-corrected chi connectivity index (χ2v) is 6.62. The van der Waals surface area contributed by atoms with Gasteiger partial charge in [0.05, 0.1) is 18.8 Å². The highest BCUT2D eigenvalue weighted by molar-refractivity contribution is 5.92. The van der Waals surface area contributed by atoms with E-state index in [2.05, 4.69) is 0 Å². The smallest absolute Gasteiger partial charge is 0.338 e. The summed E-state index contributed by atoms with van der Waals surface area (Å²) in [6.07, 6.45) is 3.48. The van der Waals surface area contributed by atoms with Gasteiger partial charge in [-0.2, -0.15) is 0 Å². The molecule has 0 amide bonds. The van der Waals surface area contributed by atoms with Crippen LogP contribution in [0.1, 0.15) is 60.3 Å². The van der Waals surface area contributed by atoms with Crippen molar-refractivity contribution in [3.63, 3.8) is 0 Å². The highest BCUT2D eigenvalue weighted by Gasteiger charge is 2.39. The van der Waals surface area contributed by atoms with Crippen LogP contribution in [0.3, 0.4) is 0 Å². The summed E-state index contributed by atoms with van der Waals surface area (Å²) in [5, 5.41) is 19.5. The SMILES string of the molecule is CC.CCOC1=C(C/C=C(\C)CCC(=O)O)C(O)=C2C(=O)OCC2CC1C. The third kappa shape index (κ3) is 5.88. The molecular formula is C21H32O6. The zero-order chi connectivity index (χ0) is 20.6. The van der Waals surface area contributed by atoms with Gasteiger partial charge in [0.15, 0.2) is 0 Å². The summed E-state index contributed by atoms with van der Waals surface area (Å²) < 4.78 is 10.9. The number of aliphatic hydroxyl groups excluding tert-OH is 1. The molecule has 2 rings (SSSR count). The molecule has 2 N–H and O–H groups in total. The van der Waals surface area contributed by atoms with Gasteiger partial charge in [0.1, 0.15) is 11.5 Å². The predicted octanol–water partition coefficient (Wildman–Crippen LogP) is 4.53. The number of cyclic esters (lactones) is 1. The fourth-order valence-electron chi connectivity index (χ4n) is 3.36. The molecule has 152 valence electrons. The van der Waals surface area contributed by atoms with Gasteiger partial charge in [0.2, 0.25) is 0 Å². The maximum atomic E-state index is 12.0. The van der Waals surface area contributed by atoms with Gasteiger partial charge in [-0.25, -0.2) is 4.79 Å². The predicted molar refractivity (Wildman–Crippen MR) is 103 cm³/mol. The van der Waals surface area contributed by atoms with E-state index in [4.69, 9.17) is 14.6 Å². The third-order valence-electron chi connectivity index (χ3n) is 4.66. The average Bonchev–Trinajstić information content (AvgIpc) is 2.96. The van der Waals surface area contributed by atoms with Gasteiger partial charge in [-0.05, 0) is 33.1 Å². The summed E-state index contributed by atoms with van der Waals surface area (Å²) in [7, 11) is 0. The molecule has 0 spiro atoms. The van der Waals surface area contributed by atoms with Crippen molar-refractivity contribution in [2.24, 2.45) is 11.8 Å². The van der Waals surface area contributed by atoms with E-state index >= 15 is 0 Å². The van der Waals surface area contributed by atoms with Crippen molar-refractivity contribution >= 4 is 11.9 Å². The number of aliphatic hydroxyl groups is 1. The molecular weight excluding hydrogens is 348 g/mol. The molecule has 2 unspecified atom stereocenters. The Morgan fingerprint density at radius 3 is 2.59 bits per heavy atom. The number of hydrogen-bond acceptors (Lipinski definition) is 5. The summed E-state index contributed by atoms with van der Waals surface area (Å²) in [5.41, 5.74) is 1.86.